The van der Waals surface area contributed by atoms with Crippen LogP contribution in [0.25, 0.3) is 0 Å². The van der Waals surface area contributed by atoms with Gasteiger partial charge in [0.1, 0.15) is 11.0 Å². The van der Waals surface area contributed by atoms with Crippen molar-refractivity contribution in [3.05, 3.63) is 43.1 Å². The van der Waals surface area contributed by atoms with Crippen LogP contribution in [0.2, 0.25) is 0 Å². The molecule has 0 aliphatic carbocycles. The molecule has 4 rings (SSSR count). The van der Waals surface area contributed by atoms with Gasteiger partial charge in [0.2, 0.25) is 15.9 Å². The molecule has 1 atom stereocenters. The number of pyridine rings is 1. The maximum Gasteiger partial charge on any atom is 0.244 e. The Morgan fingerprint density at radius 1 is 1.20 bits per heavy atom. The second-order valence-electron chi connectivity index (χ2n) is 6.27. The van der Waals surface area contributed by atoms with Crippen LogP contribution in [-0.4, -0.2) is 59.1 Å². The minimum Gasteiger partial charge on any atom is -0.473 e. The van der Waals surface area contributed by atoms with E-state index in [-0.39, 0.29) is 11.0 Å². The summed E-state index contributed by atoms with van der Waals surface area (Å²) in [5, 5.41) is 0. The predicted molar refractivity (Wildman–Crippen MR) is 87.4 cm³/mol. The summed E-state index contributed by atoms with van der Waals surface area (Å²) < 4.78 is 38.4. The highest BCUT2D eigenvalue weighted by Crippen LogP contribution is 2.38. The zero-order valence-electron chi connectivity index (χ0n) is 13.5. The molecule has 2 aromatic rings. The first-order valence-electron chi connectivity index (χ1n) is 8.04. The smallest absolute Gasteiger partial charge is 0.244 e. The standard InChI is InChI=1S/C16H18N4O4S/c21-25(22,14-2-1-4-17-9-14)20-11-16(12-20)8-13(3-7-23-16)24-15-10-18-5-6-19-15/h1-2,4-6,9-10,13H,3,7-8,11-12H2/t13-/m1/s1. The van der Waals surface area contributed by atoms with Gasteiger partial charge < -0.3 is 9.47 Å². The molecule has 0 saturated carbocycles. The third kappa shape index (κ3) is 3.22. The molecule has 2 aliphatic rings. The maximum absolute atomic E-state index is 12.6. The fourth-order valence-electron chi connectivity index (χ4n) is 3.24. The Morgan fingerprint density at radius 2 is 2.04 bits per heavy atom. The largest absolute Gasteiger partial charge is 0.473 e. The fraction of sp³-hybridized carbons (Fsp3) is 0.438. The van der Waals surface area contributed by atoms with Crippen molar-refractivity contribution < 1.29 is 17.9 Å². The van der Waals surface area contributed by atoms with E-state index in [4.69, 9.17) is 9.47 Å². The predicted octanol–water partition coefficient (Wildman–Crippen LogP) is 0.873. The molecule has 132 valence electrons. The number of sulfonamides is 1. The molecule has 8 nitrogen and oxygen atoms in total. The summed E-state index contributed by atoms with van der Waals surface area (Å²) in [6.45, 7) is 1.18. The van der Waals surface area contributed by atoms with Crippen LogP contribution in [0.1, 0.15) is 12.8 Å². The summed E-state index contributed by atoms with van der Waals surface area (Å²) >= 11 is 0. The third-order valence-electron chi connectivity index (χ3n) is 4.48. The van der Waals surface area contributed by atoms with E-state index in [9.17, 15) is 8.42 Å². The molecular weight excluding hydrogens is 344 g/mol. The molecule has 0 bridgehead atoms. The molecule has 2 aromatic heterocycles. The Morgan fingerprint density at radius 3 is 2.76 bits per heavy atom. The number of hydrogen-bond acceptors (Lipinski definition) is 7. The highest BCUT2D eigenvalue weighted by molar-refractivity contribution is 7.89. The van der Waals surface area contributed by atoms with Crippen LogP contribution in [0.5, 0.6) is 5.88 Å². The van der Waals surface area contributed by atoms with Gasteiger partial charge in [0, 0.05) is 50.7 Å². The summed E-state index contributed by atoms with van der Waals surface area (Å²) in [5.74, 6) is 0.476. The van der Waals surface area contributed by atoms with Crippen molar-refractivity contribution >= 4 is 10.0 Å². The second-order valence-corrected chi connectivity index (χ2v) is 8.21. The van der Waals surface area contributed by atoms with Gasteiger partial charge in [0.15, 0.2) is 0 Å². The van der Waals surface area contributed by atoms with Gasteiger partial charge in [-0.1, -0.05) is 0 Å². The van der Waals surface area contributed by atoms with Crippen LogP contribution in [-0.2, 0) is 14.8 Å². The van der Waals surface area contributed by atoms with Gasteiger partial charge in [-0.05, 0) is 12.1 Å². The van der Waals surface area contributed by atoms with Crippen molar-refractivity contribution in [1.82, 2.24) is 19.3 Å². The Labute approximate surface area is 145 Å². The van der Waals surface area contributed by atoms with Gasteiger partial charge in [-0.2, -0.15) is 4.31 Å². The third-order valence-corrected chi connectivity index (χ3v) is 6.25. The monoisotopic (exact) mass is 362 g/mol. The van der Waals surface area contributed by atoms with E-state index in [0.29, 0.717) is 32.0 Å². The molecule has 9 heteroatoms. The normalized spacial score (nSPS) is 23.1. The van der Waals surface area contributed by atoms with Crippen molar-refractivity contribution in [2.24, 2.45) is 0 Å². The van der Waals surface area contributed by atoms with E-state index >= 15 is 0 Å². The van der Waals surface area contributed by atoms with Gasteiger partial charge >= 0.3 is 0 Å². The van der Waals surface area contributed by atoms with Gasteiger partial charge in [-0.25, -0.2) is 13.4 Å². The summed E-state index contributed by atoms with van der Waals surface area (Å²) in [6, 6.07) is 3.17. The Balaban J connectivity index is 1.41. The lowest BCUT2D eigenvalue weighted by atomic mass is 9.86. The van der Waals surface area contributed by atoms with E-state index in [2.05, 4.69) is 15.0 Å². The minimum absolute atomic E-state index is 0.0614. The molecule has 0 unspecified atom stereocenters. The average molecular weight is 362 g/mol. The van der Waals surface area contributed by atoms with E-state index < -0.39 is 15.6 Å². The van der Waals surface area contributed by atoms with E-state index in [0.717, 1.165) is 6.42 Å². The van der Waals surface area contributed by atoms with Crippen molar-refractivity contribution in [2.75, 3.05) is 19.7 Å². The first-order valence-corrected chi connectivity index (χ1v) is 9.48. The number of ether oxygens (including phenoxy) is 2. The highest BCUT2D eigenvalue weighted by Gasteiger charge is 2.52. The number of rotatable bonds is 4. The molecule has 0 amide bonds. The molecule has 1 spiro atoms. The van der Waals surface area contributed by atoms with E-state index in [1.807, 2.05) is 0 Å². The van der Waals surface area contributed by atoms with Crippen LogP contribution in [0.4, 0.5) is 0 Å². The summed E-state index contributed by atoms with van der Waals surface area (Å²) in [5.41, 5.74) is -0.486. The lowest BCUT2D eigenvalue weighted by molar-refractivity contribution is -0.165. The van der Waals surface area contributed by atoms with Gasteiger partial charge in [-0.3, -0.25) is 9.97 Å². The zero-order chi connectivity index (χ0) is 17.3. The zero-order valence-corrected chi connectivity index (χ0v) is 14.3. The van der Waals surface area contributed by atoms with Gasteiger partial charge in [0.05, 0.1) is 18.4 Å². The molecule has 2 aliphatic heterocycles. The van der Waals surface area contributed by atoms with Gasteiger partial charge in [-0.15, -0.1) is 0 Å². The first-order chi connectivity index (χ1) is 12.1. The summed E-state index contributed by atoms with van der Waals surface area (Å²) in [4.78, 5) is 12.2. The SMILES string of the molecule is O=S(=O)(c1cccnc1)N1CC2(C[C@H](Oc3cnccn3)CCO2)C1. The quantitative estimate of drug-likeness (QED) is 0.796. The van der Waals surface area contributed by atoms with Crippen molar-refractivity contribution in [3.63, 3.8) is 0 Å². The summed E-state index contributed by atoms with van der Waals surface area (Å²) in [7, 11) is -3.53. The van der Waals surface area contributed by atoms with Crippen LogP contribution in [0.3, 0.4) is 0 Å². The Hall–Kier alpha value is -2.10. The average Bonchev–Trinajstić information content (AvgIpc) is 2.61. The van der Waals surface area contributed by atoms with Crippen LogP contribution in [0.15, 0.2) is 48.0 Å². The lowest BCUT2D eigenvalue weighted by Crippen LogP contribution is -2.67. The second kappa shape index (κ2) is 6.32. The molecule has 2 saturated heterocycles. The van der Waals surface area contributed by atoms with Crippen LogP contribution < -0.4 is 4.74 Å². The van der Waals surface area contributed by atoms with Gasteiger partial charge in [0.25, 0.3) is 0 Å². The number of hydrogen-bond donors (Lipinski definition) is 0. The minimum atomic E-state index is -3.53. The topological polar surface area (TPSA) is 94.5 Å². The van der Waals surface area contributed by atoms with Crippen LogP contribution >= 0.6 is 0 Å². The Kier molecular flexibility index (Phi) is 4.14. The Bertz CT molecular complexity index is 826. The molecule has 2 fully saturated rings. The molecule has 4 heterocycles. The molecule has 0 N–H and O–H groups in total. The van der Waals surface area contributed by atoms with Crippen LogP contribution in [0, 0.1) is 0 Å². The number of nitrogens with zero attached hydrogens (tertiary/aromatic N) is 4. The van der Waals surface area contributed by atoms with E-state index in [1.165, 1.54) is 10.5 Å². The maximum atomic E-state index is 12.6. The molecular formula is C16H18N4O4S. The van der Waals surface area contributed by atoms with Crippen molar-refractivity contribution in [1.29, 1.82) is 0 Å². The molecule has 0 aromatic carbocycles. The summed E-state index contributed by atoms with van der Waals surface area (Å²) in [6.07, 6.45) is 8.96. The lowest BCUT2D eigenvalue weighted by Gasteiger charge is -2.51. The van der Waals surface area contributed by atoms with E-state index in [1.54, 1.807) is 36.9 Å². The van der Waals surface area contributed by atoms with Crippen molar-refractivity contribution in [2.45, 2.75) is 29.4 Å². The first kappa shape index (κ1) is 16.4. The van der Waals surface area contributed by atoms with Crippen molar-refractivity contribution in [3.8, 4) is 5.88 Å². The molecule has 25 heavy (non-hydrogen) atoms. The number of aromatic nitrogens is 3. The molecule has 0 radical (unpaired) electrons. The fourth-order valence-corrected chi connectivity index (χ4v) is 4.79. The highest BCUT2D eigenvalue weighted by atomic mass is 32.2.